The van der Waals surface area contributed by atoms with Crippen LogP contribution in [0.15, 0.2) is 46.9 Å². The second-order valence-electron chi connectivity index (χ2n) is 5.45. The van der Waals surface area contributed by atoms with Crippen LogP contribution in [0.25, 0.3) is 11.0 Å². The zero-order chi connectivity index (χ0) is 18.7. The number of benzene rings is 2. The maximum Gasteiger partial charge on any atom is 0.413 e. The number of fused-ring (bicyclic) bond motifs is 1. The SMILES string of the molecule is CCOC(=O)Nc1nc2ccccc2n1C(=N)Oc1ccc(C)cc1Br. The van der Waals surface area contributed by atoms with Crippen LogP contribution in [-0.4, -0.2) is 28.3 Å². The number of amides is 1. The molecule has 0 spiro atoms. The summed E-state index contributed by atoms with van der Waals surface area (Å²) in [7, 11) is 0. The first-order valence-corrected chi connectivity index (χ1v) is 8.73. The van der Waals surface area contributed by atoms with Gasteiger partial charge in [-0.25, -0.2) is 14.3 Å². The zero-order valence-electron chi connectivity index (χ0n) is 14.2. The van der Waals surface area contributed by atoms with Gasteiger partial charge in [-0.3, -0.25) is 10.7 Å². The van der Waals surface area contributed by atoms with E-state index in [-0.39, 0.29) is 18.6 Å². The van der Waals surface area contributed by atoms with Crippen molar-refractivity contribution in [2.45, 2.75) is 13.8 Å². The minimum absolute atomic E-state index is 0.151. The van der Waals surface area contributed by atoms with Crippen LogP contribution in [-0.2, 0) is 4.74 Å². The van der Waals surface area contributed by atoms with Gasteiger partial charge in [-0.05, 0) is 59.6 Å². The predicted molar refractivity (Wildman–Crippen MR) is 103 cm³/mol. The molecule has 8 heteroatoms. The molecule has 0 atom stereocenters. The lowest BCUT2D eigenvalue weighted by molar-refractivity contribution is 0.167. The minimum atomic E-state index is -0.645. The number of aromatic nitrogens is 2. The fourth-order valence-corrected chi connectivity index (χ4v) is 2.99. The third-order valence-electron chi connectivity index (χ3n) is 3.55. The van der Waals surface area contributed by atoms with Gasteiger partial charge in [-0.15, -0.1) is 0 Å². The van der Waals surface area contributed by atoms with Gasteiger partial charge >= 0.3 is 12.1 Å². The molecule has 1 amide bonds. The largest absolute Gasteiger partial charge is 0.450 e. The highest BCUT2D eigenvalue weighted by Gasteiger charge is 2.19. The lowest BCUT2D eigenvalue weighted by atomic mass is 10.2. The predicted octanol–water partition coefficient (Wildman–Crippen LogP) is 4.54. The third-order valence-corrected chi connectivity index (χ3v) is 4.17. The number of rotatable bonds is 3. The Kier molecular flexibility index (Phi) is 5.22. The molecule has 1 aromatic heterocycles. The Labute approximate surface area is 158 Å². The van der Waals surface area contributed by atoms with Crippen molar-refractivity contribution in [1.82, 2.24) is 9.55 Å². The average molecular weight is 417 g/mol. The minimum Gasteiger partial charge on any atom is -0.450 e. The number of para-hydroxylation sites is 2. The van der Waals surface area contributed by atoms with Crippen LogP contribution < -0.4 is 10.1 Å². The first kappa shape index (κ1) is 17.9. The summed E-state index contributed by atoms with van der Waals surface area (Å²) >= 11 is 3.43. The second kappa shape index (κ2) is 7.57. The molecule has 134 valence electrons. The first-order chi connectivity index (χ1) is 12.5. The van der Waals surface area contributed by atoms with Crippen molar-refractivity contribution in [3.8, 4) is 5.75 Å². The summed E-state index contributed by atoms with van der Waals surface area (Å²) in [5, 5.41) is 10.9. The van der Waals surface area contributed by atoms with Gasteiger partial charge in [0.25, 0.3) is 0 Å². The van der Waals surface area contributed by atoms with Crippen LogP contribution >= 0.6 is 15.9 Å². The maximum absolute atomic E-state index is 11.8. The van der Waals surface area contributed by atoms with Crippen molar-refractivity contribution in [3.63, 3.8) is 0 Å². The van der Waals surface area contributed by atoms with Gasteiger partial charge in [0.15, 0.2) is 0 Å². The first-order valence-electron chi connectivity index (χ1n) is 7.93. The molecular formula is C18H17BrN4O3. The van der Waals surface area contributed by atoms with Gasteiger partial charge in [0.05, 0.1) is 22.1 Å². The fraction of sp³-hybridized carbons (Fsp3) is 0.167. The van der Waals surface area contributed by atoms with E-state index in [0.29, 0.717) is 16.8 Å². The van der Waals surface area contributed by atoms with Crippen molar-refractivity contribution in [2.75, 3.05) is 11.9 Å². The molecule has 2 N–H and O–H groups in total. The molecule has 0 aliphatic carbocycles. The lowest BCUT2D eigenvalue weighted by Gasteiger charge is -2.13. The van der Waals surface area contributed by atoms with Crippen molar-refractivity contribution in [3.05, 3.63) is 52.5 Å². The van der Waals surface area contributed by atoms with Crippen molar-refractivity contribution < 1.29 is 14.3 Å². The van der Waals surface area contributed by atoms with Crippen molar-refractivity contribution in [1.29, 1.82) is 5.41 Å². The van der Waals surface area contributed by atoms with Crippen LogP contribution in [0, 0.1) is 12.3 Å². The van der Waals surface area contributed by atoms with Crippen LogP contribution in [0.1, 0.15) is 12.5 Å². The average Bonchev–Trinajstić information content (AvgIpc) is 2.95. The molecule has 7 nitrogen and oxygen atoms in total. The number of hydrogen-bond acceptors (Lipinski definition) is 5. The van der Waals surface area contributed by atoms with Crippen LogP contribution in [0.3, 0.4) is 0 Å². The Morgan fingerprint density at radius 3 is 2.81 bits per heavy atom. The van der Waals surface area contributed by atoms with E-state index in [4.69, 9.17) is 14.9 Å². The van der Waals surface area contributed by atoms with Gasteiger partial charge in [0, 0.05) is 0 Å². The van der Waals surface area contributed by atoms with Gasteiger partial charge < -0.3 is 9.47 Å². The van der Waals surface area contributed by atoms with Crippen molar-refractivity contribution in [2.24, 2.45) is 0 Å². The molecule has 0 radical (unpaired) electrons. The fourth-order valence-electron chi connectivity index (χ4n) is 2.41. The monoisotopic (exact) mass is 416 g/mol. The summed E-state index contributed by atoms with van der Waals surface area (Å²) in [5.41, 5.74) is 2.32. The number of aryl methyl sites for hydroxylation is 1. The molecule has 0 unspecified atom stereocenters. The Balaban J connectivity index is 1.98. The zero-order valence-corrected chi connectivity index (χ0v) is 15.8. The number of nitrogens with zero attached hydrogens (tertiary/aromatic N) is 2. The number of ether oxygens (including phenoxy) is 2. The number of nitrogens with one attached hydrogen (secondary N) is 2. The highest BCUT2D eigenvalue weighted by atomic mass is 79.9. The summed E-state index contributed by atoms with van der Waals surface area (Å²) in [6.07, 6.45) is -0.645. The summed E-state index contributed by atoms with van der Waals surface area (Å²) in [4.78, 5) is 16.2. The number of hydrogen-bond donors (Lipinski definition) is 2. The van der Waals surface area contributed by atoms with E-state index >= 15 is 0 Å². The van der Waals surface area contributed by atoms with Crippen LogP contribution in [0.2, 0.25) is 0 Å². The quantitative estimate of drug-likeness (QED) is 0.484. The number of carbonyl (C=O) groups excluding carboxylic acids is 1. The molecule has 2 aromatic carbocycles. The molecule has 3 rings (SSSR count). The Bertz CT molecular complexity index is 984. The van der Waals surface area contributed by atoms with E-state index in [1.165, 1.54) is 4.57 Å². The number of imidazole rings is 1. The Morgan fingerprint density at radius 1 is 1.31 bits per heavy atom. The Morgan fingerprint density at radius 2 is 2.08 bits per heavy atom. The molecule has 0 bridgehead atoms. The van der Waals surface area contributed by atoms with Crippen LogP contribution in [0.4, 0.5) is 10.7 Å². The molecule has 0 fully saturated rings. The van der Waals surface area contributed by atoms with Gasteiger partial charge in [-0.2, -0.15) is 0 Å². The smallest absolute Gasteiger partial charge is 0.413 e. The van der Waals surface area contributed by atoms with Crippen molar-refractivity contribution >= 4 is 45.0 Å². The molecule has 1 heterocycles. The van der Waals surface area contributed by atoms with Crippen LogP contribution in [0.5, 0.6) is 5.75 Å². The summed E-state index contributed by atoms with van der Waals surface area (Å²) < 4.78 is 12.8. The van der Waals surface area contributed by atoms with E-state index in [0.717, 1.165) is 10.0 Å². The summed E-state index contributed by atoms with van der Waals surface area (Å²) in [6, 6.07) is 12.6. The molecule has 0 aliphatic heterocycles. The van der Waals surface area contributed by atoms with E-state index in [1.807, 2.05) is 31.2 Å². The normalized spacial score (nSPS) is 10.6. The molecular weight excluding hydrogens is 400 g/mol. The highest BCUT2D eigenvalue weighted by Crippen LogP contribution is 2.27. The highest BCUT2D eigenvalue weighted by molar-refractivity contribution is 9.10. The maximum atomic E-state index is 11.8. The van der Waals surface area contributed by atoms with E-state index in [1.54, 1.807) is 25.1 Å². The lowest BCUT2D eigenvalue weighted by Crippen LogP contribution is -2.23. The summed E-state index contributed by atoms with van der Waals surface area (Å²) in [5.74, 6) is 0.637. The van der Waals surface area contributed by atoms with E-state index < -0.39 is 6.09 Å². The Hall–Kier alpha value is -2.87. The van der Waals surface area contributed by atoms with Gasteiger partial charge in [-0.1, -0.05) is 18.2 Å². The number of halogens is 1. The third kappa shape index (κ3) is 3.70. The van der Waals surface area contributed by atoms with E-state index in [2.05, 4.69) is 26.2 Å². The number of anilines is 1. The molecule has 26 heavy (non-hydrogen) atoms. The van der Waals surface area contributed by atoms with Gasteiger partial charge in [0.2, 0.25) is 5.95 Å². The van der Waals surface area contributed by atoms with Gasteiger partial charge in [0.1, 0.15) is 5.75 Å². The molecule has 3 aromatic rings. The second-order valence-corrected chi connectivity index (χ2v) is 6.30. The molecule has 0 saturated carbocycles. The number of carbonyl (C=O) groups is 1. The topological polar surface area (TPSA) is 89.2 Å². The molecule has 0 aliphatic rings. The molecule has 0 saturated heterocycles. The summed E-state index contributed by atoms with van der Waals surface area (Å²) in [6.45, 7) is 3.91. The van der Waals surface area contributed by atoms with E-state index in [9.17, 15) is 4.79 Å². The standard InChI is InChI=1S/C18H17BrN4O3/c1-3-25-18(24)22-17-21-13-6-4-5-7-14(13)23(17)16(20)26-15-9-8-11(2)10-12(15)19/h4-10,20H,3H2,1-2H3,(H,21,22,24).